The lowest BCUT2D eigenvalue weighted by Crippen LogP contribution is -2.22. The lowest BCUT2D eigenvalue weighted by Gasteiger charge is -2.14. The molecule has 0 aliphatic heterocycles. The van der Waals surface area contributed by atoms with Crippen LogP contribution in [0.5, 0.6) is 5.75 Å². The average Bonchev–Trinajstić information content (AvgIpc) is 3.39. The standard InChI is InChI=1S/C23H28N4O3/c1-14(2)29-21-10-7-15(13-20(21)24-3)23-26-22(27-30-23)18-6-4-5-17-16(18)8-9-19(17)25-11-12-28/h4-7,10,13-14,19,24-25,28H,8-9,11-12H2,1-3H3/t19-/m1/s1. The van der Waals surface area contributed by atoms with E-state index in [2.05, 4.69) is 26.8 Å². The summed E-state index contributed by atoms with van der Waals surface area (Å²) >= 11 is 0. The second-order valence-electron chi connectivity index (χ2n) is 7.69. The molecule has 0 unspecified atom stereocenters. The molecule has 7 heteroatoms. The summed E-state index contributed by atoms with van der Waals surface area (Å²) in [5.74, 6) is 1.86. The third-order valence-electron chi connectivity index (χ3n) is 5.30. The Morgan fingerprint density at radius 1 is 1.27 bits per heavy atom. The highest BCUT2D eigenvalue weighted by molar-refractivity contribution is 5.70. The van der Waals surface area contributed by atoms with Gasteiger partial charge < -0.3 is 25.0 Å². The quantitative estimate of drug-likeness (QED) is 0.522. The summed E-state index contributed by atoms with van der Waals surface area (Å²) in [5, 5.41) is 19.9. The molecule has 1 heterocycles. The first-order valence-electron chi connectivity index (χ1n) is 10.4. The van der Waals surface area contributed by atoms with E-state index >= 15 is 0 Å². The minimum atomic E-state index is 0.0915. The number of rotatable bonds is 8. The fraction of sp³-hybridized carbons (Fsp3) is 0.391. The zero-order chi connectivity index (χ0) is 21.1. The van der Waals surface area contributed by atoms with Gasteiger partial charge in [-0.3, -0.25) is 0 Å². The number of benzene rings is 2. The van der Waals surface area contributed by atoms with Gasteiger partial charge in [0, 0.05) is 30.8 Å². The van der Waals surface area contributed by atoms with Crippen molar-refractivity contribution >= 4 is 5.69 Å². The third-order valence-corrected chi connectivity index (χ3v) is 5.30. The molecule has 1 aromatic heterocycles. The maximum absolute atomic E-state index is 9.11. The monoisotopic (exact) mass is 408 g/mol. The van der Waals surface area contributed by atoms with Crippen LogP contribution in [0.2, 0.25) is 0 Å². The first-order chi connectivity index (χ1) is 14.6. The fourth-order valence-corrected chi connectivity index (χ4v) is 3.98. The molecule has 30 heavy (non-hydrogen) atoms. The molecule has 0 bridgehead atoms. The number of nitrogens with one attached hydrogen (secondary N) is 2. The highest BCUT2D eigenvalue weighted by atomic mass is 16.5. The Labute approximate surface area is 176 Å². The number of aromatic nitrogens is 2. The highest BCUT2D eigenvalue weighted by Gasteiger charge is 2.26. The summed E-state index contributed by atoms with van der Waals surface area (Å²) in [6.07, 6.45) is 2.04. The zero-order valence-corrected chi connectivity index (χ0v) is 17.6. The lowest BCUT2D eigenvalue weighted by atomic mass is 10.0. The summed E-state index contributed by atoms with van der Waals surface area (Å²) in [5.41, 5.74) is 5.21. The predicted molar refractivity (Wildman–Crippen MR) is 117 cm³/mol. The van der Waals surface area contributed by atoms with Crippen LogP contribution in [0.3, 0.4) is 0 Å². The van der Waals surface area contributed by atoms with E-state index in [4.69, 9.17) is 14.4 Å². The van der Waals surface area contributed by atoms with Crippen molar-refractivity contribution in [3.05, 3.63) is 47.5 Å². The fourth-order valence-electron chi connectivity index (χ4n) is 3.98. The minimum absolute atomic E-state index is 0.0915. The molecule has 4 rings (SSSR count). The van der Waals surface area contributed by atoms with Crippen molar-refractivity contribution in [2.75, 3.05) is 25.5 Å². The van der Waals surface area contributed by atoms with Crippen LogP contribution < -0.4 is 15.4 Å². The third kappa shape index (κ3) is 4.04. The van der Waals surface area contributed by atoms with Gasteiger partial charge in [0.1, 0.15) is 5.75 Å². The van der Waals surface area contributed by atoms with Crippen LogP contribution in [0.4, 0.5) is 5.69 Å². The Kier molecular flexibility index (Phi) is 6.01. The van der Waals surface area contributed by atoms with Crippen molar-refractivity contribution in [2.24, 2.45) is 0 Å². The molecule has 1 aliphatic carbocycles. The van der Waals surface area contributed by atoms with Crippen LogP contribution >= 0.6 is 0 Å². The van der Waals surface area contributed by atoms with Gasteiger partial charge >= 0.3 is 0 Å². The summed E-state index contributed by atoms with van der Waals surface area (Å²) < 4.78 is 11.4. The number of anilines is 1. The van der Waals surface area contributed by atoms with Crippen LogP contribution in [-0.4, -0.2) is 41.6 Å². The van der Waals surface area contributed by atoms with Crippen molar-refractivity contribution in [2.45, 2.75) is 38.8 Å². The number of nitrogens with zero attached hydrogens (tertiary/aromatic N) is 2. The molecular weight excluding hydrogens is 380 g/mol. The molecule has 0 spiro atoms. The van der Waals surface area contributed by atoms with Gasteiger partial charge in [0.05, 0.1) is 18.4 Å². The lowest BCUT2D eigenvalue weighted by molar-refractivity contribution is 0.243. The van der Waals surface area contributed by atoms with Crippen LogP contribution in [-0.2, 0) is 6.42 Å². The van der Waals surface area contributed by atoms with Crippen molar-refractivity contribution in [3.8, 4) is 28.6 Å². The van der Waals surface area contributed by atoms with Crippen molar-refractivity contribution in [1.82, 2.24) is 15.5 Å². The molecule has 158 valence electrons. The summed E-state index contributed by atoms with van der Waals surface area (Å²) in [7, 11) is 1.86. The number of aliphatic hydroxyl groups is 1. The normalized spacial score (nSPS) is 15.4. The van der Waals surface area contributed by atoms with Gasteiger partial charge in [0.15, 0.2) is 0 Å². The van der Waals surface area contributed by atoms with E-state index in [1.165, 1.54) is 11.1 Å². The SMILES string of the molecule is CNc1cc(-c2nc(-c3cccc4c3CC[C@H]4NCCO)no2)ccc1OC(C)C. The largest absolute Gasteiger partial charge is 0.489 e. The molecule has 0 radical (unpaired) electrons. The molecule has 0 amide bonds. The molecule has 2 aromatic carbocycles. The number of ether oxygens (including phenoxy) is 1. The van der Waals surface area contributed by atoms with Crippen LogP contribution in [0, 0.1) is 0 Å². The maximum Gasteiger partial charge on any atom is 0.258 e. The summed E-state index contributed by atoms with van der Waals surface area (Å²) in [6, 6.07) is 12.3. The molecule has 0 saturated carbocycles. The molecular formula is C23H28N4O3. The van der Waals surface area contributed by atoms with E-state index in [1.54, 1.807) is 0 Å². The summed E-state index contributed by atoms with van der Waals surface area (Å²) in [4.78, 5) is 4.67. The van der Waals surface area contributed by atoms with Gasteiger partial charge in [-0.25, -0.2) is 0 Å². The Hall–Kier alpha value is -2.90. The summed E-state index contributed by atoms with van der Waals surface area (Å²) in [6.45, 7) is 4.72. The Balaban J connectivity index is 1.62. The highest BCUT2D eigenvalue weighted by Crippen LogP contribution is 2.37. The van der Waals surface area contributed by atoms with Gasteiger partial charge in [-0.1, -0.05) is 23.4 Å². The van der Waals surface area contributed by atoms with E-state index in [1.807, 2.05) is 51.2 Å². The van der Waals surface area contributed by atoms with Crippen LogP contribution in [0.25, 0.3) is 22.8 Å². The van der Waals surface area contributed by atoms with Gasteiger partial charge in [0.2, 0.25) is 5.82 Å². The molecule has 1 atom stereocenters. The minimum Gasteiger partial charge on any atom is -0.489 e. The van der Waals surface area contributed by atoms with Crippen LogP contribution in [0.15, 0.2) is 40.9 Å². The predicted octanol–water partition coefficient (Wildman–Crippen LogP) is 3.80. The molecule has 0 saturated heterocycles. The second-order valence-corrected chi connectivity index (χ2v) is 7.69. The number of fused-ring (bicyclic) bond motifs is 1. The van der Waals surface area contributed by atoms with Crippen LogP contribution in [0.1, 0.15) is 37.4 Å². The average molecular weight is 409 g/mol. The topological polar surface area (TPSA) is 92.4 Å². The maximum atomic E-state index is 9.11. The second kappa shape index (κ2) is 8.85. The van der Waals surface area contributed by atoms with Gasteiger partial charge in [-0.05, 0) is 56.0 Å². The first-order valence-corrected chi connectivity index (χ1v) is 10.4. The Bertz CT molecular complexity index is 1020. The molecule has 7 nitrogen and oxygen atoms in total. The van der Waals surface area contributed by atoms with E-state index in [9.17, 15) is 0 Å². The van der Waals surface area contributed by atoms with Gasteiger partial charge in [0.25, 0.3) is 5.89 Å². The number of aliphatic hydroxyl groups excluding tert-OH is 1. The smallest absolute Gasteiger partial charge is 0.258 e. The van der Waals surface area contributed by atoms with Gasteiger partial charge in [-0.2, -0.15) is 4.98 Å². The van der Waals surface area contributed by atoms with Crippen molar-refractivity contribution < 1.29 is 14.4 Å². The van der Waals surface area contributed by atoms with E-state index in [0.29, 0.717) is 18.3 Å². The van der Waals surface area contributed by atoms with Gasteiger partial charge in [-0.15, -0.1) is 0 Å². The van der Waals surface area contributed by atoms with E-state index in [0.717, 1.165) is 35.4 Å². The number of hydrogen-bond donors (Lipinski definition) is 3. The van der Waals surface area contributed by atoms with Crippen molar-refractivity contribution in [1.29, 1.82) is 0 Å². The Morgan fingerprint density at radius 2 is 2.13 bits per heavy atom. The first kappa shape index (κ1) is 20.4. The Morgan fingerprint density at radius 3 is 2.90 bits per heavy atom. The molecule has 3 N–H and O–H groups in total. The molecule has 3 aromatic rings. The molecule has 0 fully saturated rings. The number of hydrogen-bond acceptors (Lipinski definition) is 7. The van der Waals surface area contributed by atoms with Crippen molar-refractivity contribution in [3.63, 3.8) is 0 Å². The zero-order valence-electron chi connectivity index (χ0n) is 17.6. The van der Waals surface area contributed by atoms with E-state index < -0.39 is 0 Å². The van der Waals surface area contributed by atoms with E-state index in [-0.39, 0.29) is 18.8 Å². The molecule has 1 aliphatic rings.